The standard InChI is InChI=1S/C29H36N6O5S/c1-4-6-7-8-26-30-20(3)27-29(36)31-28(32-35(26)27)24-19-23(13-14-25(24)40-5-2)41(37,38)33-21-9-11-22(12-10-21)34-15-17-39-18-16-34/h9-14,19,33H,4-8,15-18H2,1-3H3,(H,31,32,36). The Hall–Kier alpha value is -3.90. The molecular formula is C29H36N6O5S. The minimum Gasteiger partial charge on any atom is -0.493 e. The second kappa shape index (κ2) is 12.3. The number of aromatic nitrogens is 4. The summed E-state index contributed by atoms with van der Waals surface area (Å²) in [6.45, 7) is 9.02. The van der Waals surface area contributed by atoms with E-state index in [1.54, 1.807) is 29.6 Å². The van der Waals surface area contributed by atoms with Crippen LogP contribution < -0.4 is 19.9 Å². The third kappa shape index (κ3) is 6.23. The van der Waals surface area contributed by atoms with Crippen molar-refractivity contribution in [1.82, 2.24) is 19.6 Å². The highest BCUT2D eigenvalue weighted by Crippen LogP contribution is 2.31. The van der Waals surface area contributed by atoms with Crippen LogP contribution in [0.15, 0.2) is 52.2 Å². The average molecular weight is 581 g/mol. The SMILES string of the molecule is CCCCCc1nc(C)c2c(=O)[nH]c(-c3cc(S(=O)(=O)Nc4ccc(N5CCOCC5)cc4)ccc3OCC)nn12. The van der Waals surface area contributed by atoms with Gasteiger partial charge in [0.05, 0.1) is 36.0 Å². The largest absolute Gasteiger partial charge is 0.493 e. The van der Waals surface area contributed by atoms with E-state index < -0.39 is 10.0 Å². The van der Waals surface area contributed by atoms with Crippen LogP contribution in [0.25, 0.3) is 16.9 Å². The van der Waals surface area contributed by atoms with E-state index in [1.165, 1.54) is 12.1 Å². The van der Waals surface area contributed by atoms with Crippen LogP contribution >= 0.6 is 0 Å². The first kappa shape index (κ1) is 28.6. The quantitative estimate of drug-likeness (QED) is 0.253. The Morgan fingerprint density at radius 1 is 1.07 bits per heavy atom. The molecule has 4 aromatic rings. The molecule has 0 aliphatic carbocycles. The zero-order chi connectivity index (χ0) is 29.0. The van der Waals surface area contributed by atoms with Gasteiger partial charge in [0.2, 0.25) is 0 Å². The van der Waals surface area contributed by atoms with Crippen molar-refractivity contribution in [3.63, 3.8) is 0 Å². The summed E-state index contributed by atoms with van der Waals surface area (Å²) in [6.07, 6.45) is 3.71. The van der Waals surface area contributed by atoms with Crippen molar-refractivity contribution in [2.75, 3.05) is 42.5 Å². The van der Waals surface area contributed by atoms with Gasteiger partial charge in [-0.1, -0.05) is 19.8 Å². The van der Waals surface area contributed by atoms with Crippen LogP contribution in [0, 0.1) is 6.92 Å². The predicted octanol–water partition coefficient (Wildman–Crippen LogP) is 4.16. The Morgan fingerprint density at radius 2 is 1.83 bits per heavy atom. The van der Waals surface area contributed by atoms with E-state index in [4.69, 9.17) is 14.6 Å². The van der Waals surface area contributed by atoms with E-state index in [1.807, 2.05) is 19.1 Å². The van der Waals surface area contributed by atoms with Gasteiger partial charge in [-0.2, -0.15) is 0 Å². The fourth-order valence-corrected chi connectivity index (χ4v) is 6.06. The third-order valence-corrected chi connectivity index (χ3v) is 8.44. The predicted molar refractivity (Wildman–Crippen MR) is 158 cm³/mol. The van der Waals surface area contributed by atoms with E-state index in [-0.39, 0.29) is 16.3 Å². The molecule has 0 spiro atoms. The Bertz CT molecular complexity index is 1670. The molecule has 1 saturated heterocycles. The number of aryl methyl sites for hydroxylation is 2. The van der Waals surface area contributed by atoms with Crippen LogP contribution in [-0.2, 0) is 21.2 Å². The maximum atomic E-state index is 13.4. The number of ether oxygens (including phenoxy) is 2. The number of nitrogens with one attached hydrogen (secondary N) is 2. The smallest absolute Gasteiger partial charge is 0.277 e. The van der Waals surface area contributed by atoms with Gasteiger partial charge in [-0.25, -0.2) is 17.9 Å². The monoisotopic (exact) mass is 580 g/mol. The van der Waals surface area contributed by atoms with Gasteiger partial charge in [0.25, 0.3) is 15.6 Å². The van der Waals surface area contributed by atoms with Gasteiger partial charge in [0.15, 0.2) is 11.3 Å². The number of H-pyrrole nitrogens is 1. The second-order valence-electron chi connectivity index (χ2n) is 9.98. The molecule has 0 saturated carbocycles. The number of sulfonamides is 1. The first-order chi connectivity index (χ1) is 19.8. The number of nitrogens with zero attached hydrogens (tertiary/aromatic N) is 4. The number of unbranched alkanes of at least 4 members (excludes halogenated alkanes) is 2. The fraction of sp³-hybridized carbons (Fsp3) is 0.414. The second-order valence-corrected chi connectivity index (χ2v) is 11.7. The number of fused-ring (bicyclic) bond motifs is 1. The molecule has 1 aliphatic rings. The Kier molecular flexibility index (Phi) is 8.60. The molecule has 1 aliphatic heterocycles. The molecule has 0 atom stereocenters. The van der Waals surface area contributed by atoms with Gasteiger partial charge in [-0.05, 0) is 62.7 Å². The van der Waals surface area contributed by atoms with Crippen molar-refractivity contribution < 1.29 is 17.9 Å². The lowest BCUT2D eigenvalue weighted by Gasteiger charge is -2.28. The first-order valence-corrected chi connectivity index (χ1v) is 15.5. The molecule has 2 aromatic carbocycles. The van der Waals surface area contributed by atoms with Gasteiger partial charge < -0.3 is 19.4 Å². The lowest BCUT2D eigenvalue weighted by Crippen LogP contribution is -2.36. The number of benzene rings is 2. The molecule has 0 bridgehead atoms. The maximum absolute atomic E-state index is 13.4. The summed E-state index contributed by atoms with van der Waals surface area (Å²) >= 11 is 0. The fourth-order valence-electron chi connectivity index (χ4n) is 4.97. The van der Waals surface area contributed by atoms with Gasteiger partial charge in [0.1, 0.15) is 11.6 Å². The average Bonchev–Trinajstić information content (AvgIpc) is 3.29. The van der Waals surface area contributed by atoms with E-state index in [9.17, 15) is 13.2 Å². The number of aromatic amines is 1. The molecule has 0 amide bonds. The molecule has 12 heteroatoms. The number of rotatable bonds is 11. The highest BCUT2D eigenvalue weighted by atomic mass is 32.2. The zero-order valence-electron chi connectivity index (χ0n) is 23.6. The summed E-state index contributed by atoms with van der Waals surface area (Å²) in [7, 11) is -3.96. The van der Waals surface area contributed by atoms with Crippen molar-refractivity contribution in [1.29, 1.82) is 0 Å². The molecule has 3 heterocycles. The number of morpholine rings is 1. The van der Waals surface area contributed by atoms with Crippen LogP contribution in [0.5, 0.6) is 5.75 Å². The molecule has 5 rings (SSSR count). The van der Waals surface area contributed by atoms with E-state index in [0.29, 0.717) is 60.3 Å². The van der Waals surface area contributed by atoms with Crippen molar-refractivity contribution in [3.8, 4) is 17.1 Å². The van der Waals surface area contributed by atoms with Gasteiger partial charge in [0, 0.05) is 30.9 Å². The van der Waals surface area contributed by atoms with Crippen molar-refractivity contribution in [2.45, 2.75) is 51.3 Å². The normalized spacial score (nSPS) is 14.0. The lowest BCUT2D eigenvalue weighted by atomic mass is 10.2. The van der Waals surface area contributed by atoms with Crippen LogP contribution in [-0.4, -0.2) is 60.9 Å². The van der Waals surface area contributed by atoms with Crippen molar-refractivity contribution >= 4 is 26.9 Å². The minimum absolute atomic E-state index is 0.0148. The van der Waals surface area contributed by atoms with Crippen LogP contribution in [0.4, 0.5) is 11.4 Å². The number of imidazole rings is 1. The Morgan fingerprint density at radius 3 is 2.54 bits per heavy atom. The number of hydrogen-bond acceptors (Lipinski definition) is 8. The molecule has 41 heavy (non-hydrogen) atoms. The lowest BCUT2D eigenvalue weighted by molar-refractivity contribution is 0.122. The Labute approximate surface area is 239 Å². The van der Waals surface area contributed by atoms with E-state index >= 15 is 0 Å². The van der Waals surface area contributed by atoms with E-state index in [2.05, 4.69) is 26.5 Å². The topological polar surface area (TPSA) is 131 Å². The highest BCUT2D eigenvalue weighted by molar-refractivity contribution is 7.92. The molecule has 1 fully saturated rings. The zero-order valence-corrected chi connectivity index (χ0v) is 24.5. The van der Waals surface area contributed by atoms with Crippen LogP contribution in [0.2, 0.25) is 0 Å². The molecule has 218 valence electrons. The summed E-state index contributed by atoms with van der Waals surface area (Å²) in [5.74, 6) is 1.31. The third-order valence-electron chi connectivity index (χ3n) is 7.06. The molecular weight excluding hydrogens is 544 g/mol. The van der Waals surface area contributed by atoms with Crippen molar-refractivity contribution in [3.05, 3.63) is 64.3 Å². The summed E-state index contributed by atoms with van der Waals surface area (Å²) in [6, 6.07) is 11.8. The maximum Gasteiger partial charge on any atom is 0.277 e. The summed E-state index contributed by atoms with van der Waals surface area (Å²) in [4.78, 5) is 22.8. The van der Waals surface area contributed by atoms with Crippen molar-refractivity contribution in [2.24, 2.45) is 0 Å². The van der Waals surface area contributed by atoms with Crippen LogP contribution in [0.3, 0.4) is 0 Å². The van der Waals surface area contributed by atoms with Gasteiger partial charge >= 0.3 is 0 Å². The summed E-state index contributed by atoms with van der Waals surface area (Å²) in [5.41, 5.74) is 2.44. The molecule has 0 unspecified atom stereocenters. The number of hydrogen-bond donors (Lipinski definition) is 2. The summed E-state index contributed by atoms with van der Waals surface area (Å²) in [5, 5.41) is 4.70. The minimum atomic E-state index is -3.96. The van der Waals surface area contributed by atoms with Gasteiger partial charge in [-0.3, -0.25) is 9.52 Å². The molecule has 2 aromatic heterocycles. The molecule has 11 nitrogen and oxygen atoms in total. The van der Waals surface area contributed by atoms with E-state index in [0.717, 1.165) is 38.0 Å². The first-order valence-electron chi connectivity index (χ1n) is 14.0. The highest BCUT2D eigenvalue weighted by Gasteiger charge is 2.21. The molecule has 0 radical (unpaired) electrons. The summed E-state index contributed by atoms with van der Waals surface area (Å²) < 4.78 is 42.3. The molecule has 2 N–H and O–H groups in total. The number of anilines is 2. The van der Waals surface area contributed by atoms with Crippen LogP contribution in [0.1, 0.15) is 44.6 Å². The van der Waals surface area contributed by atoms with Gasteiger partial charge in [-0.15, -0.1) is 5.10 Å². The Balaban J connectivity index is 1.48.